The first-order valence-electron chi connectivity index (χ1n) is 9.41. The van der Waals surface area contributed by atoms with Crippen molar-refractivity contribution < 1.29 is 14.0 Å². The molecule has 0 aromatic heterocycles. The van der Waals surface area contributed by atoms with Gasteiger partial charge in [0, 0.05) is 23.6 Å². The fourth-order valence-electron chi connectivity index (χ4n) is 3.23. The Morgan fingerprint density at radius 2 is 1.43 bits per heavy atom. The minimum absolute atomic E-state index is 0.103. The molecule has 1 atom stereocenters. The van der Waals surface area contributed by atoms with Crippen molar-refractivity contribution in [2.75, 3.05) is 6.54 Å². The lowest BCUT2D eigenvalue weighted by molar-refractivity contribution is 0.0951. The summed E-state index contributed by atoms with van der Waals surface area (Å²) in [7, 11) is 0. The van der Waals surface area contributed by atoms with Crippen LogP contribution in [0.2, 0.25) is 0 Å². The molecule has 0 saturated heterocycles. The molecule has 6 heteroatoms. The molecule has 0 aliphatic carbocycles. The molecule has 5 nitrogen and oxygen atoms in total. The summed E-state index contributed by atoms with van der Waals surface area (Å²) < 4.78 is 13.4. The number of nitriles is 1. The zero-order valence-electron chi connectivity index (χ0n) is 16.1. The van der Waals surface area contributed by atoms with Crippen LogP contribution in [-0.4, -0.2) is 18.4 Å². The maximum atomic E-state index is 13.4. The van der Waals surface area contributed by atoms with Crippen LogP contribution in [0.3, 0.4) is 0 Å². The number of rotatable bonds is 7. The predicted molar refractivity (Wildman–Crippen MR) is 111 cm³/mol. The molecular weight excluding hydrogens is 381 g/mol. The second-order valence-corrected chi connectivity index (χ2v) is 6.82. The summed E-state index contributed by atoms with van der Waals surface area (Å²) in [6, 6.07) is 21.6. The summed E-state index contributed by atoms with van der Waals surface area (Å²) in [6.07, 6.45) is 0.573. The highest BCUT2D eigenvalue weighted by atomic mass is 19.1. The van der Waals surface area contributed by atoms with Crippen LogP contribution in [-0.2, 0) is 0 Å². The van der Waals surface area contributed by atoms with Crippen LogP contribution in [0.15, 0.2) is 72.8 Å². The predicted octanol–water partition coefficient (Wildman–Crippen LogP) is 3.75. The Bertz CT molecular complexity index is 1070. The minimum atomic E-state index is -0.505. The summed E-state index contributed by atoms with van der Waals surface area (Å²) in [5.74, 6) is -1.17. The maximum absolute atomic E-state index is 13.4. The van der Waals surface area contributed by atoms with Gasteiger partial charge in [-0.1, -0.05) is 24.3 Å². The van der Waals surface area contributed by atoms with E-state index in [0.29, 0.717) is 29.7 Å². The van der Waals surface area contributed by atoms with E-state index in [-0.39, 0.29) is 17.6 Å². The van der Waals surface area contributed by atoms with Crippen LogP contribution in [0.4, 0.5) is 4.39 Å². The molecule has 150 valence electrons. The van der Waals surface area contributed by atoms with Gasteiger partial charge in [-0.3, -0.25) is 9.59 Å². The summed E-state index contributed by atoms with van der Waals surface area (Å²) in [6.45, 7) is 0.387. The highest BCUT2D eigenvalue weighted by Gasteiger charge is 2.16. The van der Waals surface area contributed by atoms with Gasteiger partial charge in [-0.25, -0.2) is 4.39 Å². The number of primary amides is 1. The van der Waals surface area contributed by atoms with E-state index in [0.717, 1.165) is 11.1 Å². The second kappa shape index (κ2) is 9.48. The Kier molecular flexibility index (Phi) is 6.56. The molecule has 2 amide bonds. The van der Waals surface area contributed by atoms with Gasteiger partial charge >= 0.3 is 0 Å². The third-order valence-corrected chi connectivity index (χ3v) is 4.86. The Morgan fingerprint density at radius 3 is 1.97 bits per heavy atom. The molecule has 30 heavy (non-hydrogen) atoms. The van der Waals surface area contributed by atoms with Gasteiger partial charge in [0.2, 0.25) is 5.91 Å². The molecule has 1 unspecified atom stereocenters. The summed E-state index contributed by atoms with van der Waals surface area (Å²) in [5.41, 5.74) is 8.50. The number of hydrogen-bond acceptors (Lipinski definition) is 3. The van der Waals surface area contributed by atoms with Gasteiger partial charge in [-0.2, -0.15) is 5.26 Å². The van der Waals surface area contributed by atoms with Crippen LogP contribution in [0.1, 0.15) is 49.7 Å². The van der Waals surface area contributed by atoms with E-state index in [1.807, 2.05) is 18.2 Å². The number of carbonyl (C=O) groups excluding carboxylic acids is 2. The number of halogens is 1. The molecule has 0 fully saturated rings. The fourth-order valence-corrected chi connectivity index (χ4v) is 3.23. The smallest absolute Gasteiger partial charge is 0.251 e. The average Bonchev–Trinajstić information content (AvgIpc) is 2.77. The summed E-state index contributed by atoms with van der Waals surface area (Å²) >= 11 is 0. The largest absolute Gasteiger partial charge is 0.366 e. The number of nitrogens with two attached hydrogens (primary N) is 1. The molecule has 3 aromatic carbocycles. The van der Waals surface area contributed by atoms with Crippen molar-refractivity contribution in [3.05, 3.63) is 106 Å². The van der Waals surface area contributed by atoms with E-state index in [2.05, 4.69) is 5.32 Å². The van der Waals surface area contributed by atoms with Crippen LogP contribution >= 0.6 is 0 Å². The molecule has 0 saturated carbocycles. The fraction of sp³-hybridized carbons (Fsp3) is 0.125. The highest BCUT2D eigenvalue weighted by Crippen LogP contribution is 2.28. The van der Waals surface area contributed by atoms with E-state index >= 15 is 0 Å². The van der Waals surface area contributed by atoms with Crippen molar-refractivity contribution >= 4 is 11.8 Å². The molecule has 0 radical (unpaired) electrons. The number of nitrogens with one attached hydrogen (secondary N) is 1. The quantitative estimate of drug-likeness (QED) is 0.631. The molecule has 0 aliphatic rings. The minimum Gasteiger partial charge on any atom is -0.366 e. The topological polar surface area (TPSA) is 96.0 Å². The van der Waals surface area contributed by atoms with Gasteiger partial charge in [0.25, 0.3) is 5.91 Å². The SMILES string of the molecule is N#Cc1ccc(C(=O)NCCC(c2ccc(F)cc2)c2ccc(C(N)=O)cc2)cc1. The van der Waals surface area contributed by atoms with Crippen molar-refractivity contribution in [2.45, 2.75) is 12.3 Å². The monoisotopic (exact) mass is 401 g/mol. The zero-order valence-corrected chi connectivity index (χ0v) is 16.1. The first-order valence-corrected chi connectivity index (χ1v) is 9.41. The lowest BCUT2D eigenvalue weighted by Gasteiger charge is -2.19. The van der Waals surface area contributed by atoms with E-state index < -0.39 is 5.91 Å². The Morgan fingerprint density at radius 1 is 0.900 bits per heavy atom. The number of hydrogen-bond donors (Lipinski definition) is 2. The first-order chi connectivity index (χ1) is 14.5. The van der Waals surface area contributed by atoms with Crippen molar-refractivity contribution in [3.8, 4) is 6.07 Å². The van der Waals surface area contributed by atoms with Gasteiger partial charge in [-0.15, -0.1) is 0 Å². The second-order valence-electron chi connectivity index (χ2n) is 6.82. The number of benzene rings is 3. The van der Waals surface area contributed by atoms with E-state index in [4.69, 9.17) is 11.0 Å². The number of amides is 2. The van der Waals surface area contributed by atoms with E-state index in [9.17, 15) is 14.0 Å². The first kappa shape index (κ1) is 20.7. The molecule has 3 rings (SSSR count). The molecular formula is C24H20FN3O2. The molecule has 3 N–H and O–H groups in total. The number of carbonyl (C=O) groups is 2. The van der Waals surface area contributed by atoms with Gasteiger partial charge < -0.3 is 11.1 Å². The Labute approximate surface area is 174 Å². The zero-order chi connectivity index (χ0) is 21.5. The van der Waals surface area contributed by atoms with Gasteiger partial charge in [0.1, 0.15) is 5.82 Å². The maximum Gasteiger partial charge on any atom is 0.251 e. The number of nitrogens with zero attached hydrogens (tertiary/aromatic N) is 1. The van der Waals surface area contributed by atoms with Gasteiger partial charge in [-0.05, 0) is 66.1 Å². The molecule has 0 bridgehead atoms. The van der Waals surface area contributed by atoms with Crippen molar-refractivity contribution in [1.29, 1.82) is 5.26 Å². The van der Waals surface area contributed by atoms with Crippen LogP contribution in [0.5, 0.6) is 0 Å². The molecule has 3 aromatic rings. The Balaban J connectivity index is 1.73. The lowest BCUT2D eigenvalue weighted by atomic mass is 9.88. The molecule has 0 heterocycles. The normalized spacial score (nSPS) is 11.3. The Hall–Kier alpha value is -3.98. The summed E-state index contributed by atoms with van der Waals surface area (Å²) in [5, 5.41) is 11.7. The van der Waals surface area contributed by atoms with E-state index in [1.165, 1.54) is 12.1 Å². The van der Waals surface area contributed by atoms with Gasteiger partial charge in [0.05, 0.1) is 11.6 Å². The van der Waals surface area contributed by atoms with Crippen LogP contribution < -0.4 is 11.1 Å². The third-order valence-electron chi connectivity index (χ3n) is 4.86. The van der Waals surface area contributed by atoms with Crippen LogP contribution in [0, 0.1) is 17.1 Å². The van der Waals surface area contributed by atoms with Crippen molar-refractivity contribution in [3.63, 3.8) is 0 Å². The summed E-state index contributed by atoms with van der Waals surface area (Å²) in [4.78, 5) is 23.7. The van der Waals surface area contributed by atoms with Gasteiger partial charge in [0.15, 0.2) is 0 Å². The molecule has 0 spiro atoms. The van der Waals surface area contributed by atoms with Crippen molar-refractivity contribution in [1.82, 2.24) is 5.32 Å². The average molecular weight is 401 g/mol. The van der Waals surface area contributed by atoms with E-state index in [1.54, 1.807) is 48.5 Å². The van der Waals surface area contributed by atoms with Crippen LogP contribution in [0.25, 0.3) is 0 Å². The lowest BCUT2D eigenvalue weighted by Crippen LogP contribution is -2.25. The highest BCUT2D eigenvalue weighted by molar-refractivity contribution is 5.94. The third kappa shape index (κ3) is 5.09. The van der Waals surface area contributed by atoms with Crippen molar-refractivity contribution in [2.24, 2.45) is 5.73 Å². The molecule has 0 aliphatic heterocycles. The standard InChI is InChI=1S/C24H20FN3O2/c25-21-11-9-18(10-12-21)22(17-5-7-19(8-6-17)23(27)29)13-14-28-24(30)20-3-1-16(15-26)2-4-20/h1-12,22H,13-14H2,(H2,27,29)(H,28,30).